The van der Waals surface area contributed by atoms with E-state index in [0.717, 1.165) is 24.8 Å². The van der Waals surface area contributed by atoms with Crippen LogP contribution in [0.25, 0.3) is 0 Å². The zero-order valence-corrected chi connectivity index (χ0v) is 5.63. The molecule has 9 heavy (non-hydrogen) atoms. The van der Waals surface area contributed by atoms with Crippen LogP contribution in [0, 0.1) is 5.92 Å². The molecule has 0 saturated heterocycles. The van der Waals surface area contributed by atoms with Crippen molar-refractivity contribution in [1.29, 1.82) is 0 Å². The van der Waals surface area contributed by atoms with E-state index in [1.54, 1.807) is 0 Å². The van der Waals surface area contributed by atoms with Gasteiger partial charge in [-0.2, -0.15) is 0 Å². The van der Waals surface area contributed by atoms with Crippen molar-refractivity contribution in [3.8, 4) is 0 Å². The van der Waals surface area contributed by atoms with Crippen LogP contribution in [0.3, 0.4) is 0 Å². The van der Waals surface area contributed by atoms with Crippen LogP contribution in [0.15, 0.2) is 4.99 Å². The molecule has 0 aromatic carbocycles. The maximum absolute atomic E-state index is 5.25. The molecule has 0 amide bonds. The Balaban J connectivity index is 1.92. The molecular weight excluding hydrogens is 114 g/mol. The third-order valence-corrected chi connectivity index (χ3v) is 1.94. The largest absolute Gasteiger partial charge is 0.481 e. The van der Waals surface area contributed by atoms with Crippen molar-refractivity contribution in [2.75, 3.05) is 6.61 Å². The average Bonchev–Trinajstić information content (AvgIpc) is 2.42. The number of aliphatic imine (C=N–C) groups is 1. The van der Waals surface area contributed by atoms with Crippen molar-refractivity contribution in [3.05, 3.63) is 0 Å². The molecule has 0 radical (unpaired) electrons. The molecule has 1 fully saturated rings. The monoisotopic (exact) mass is 125 g/mol. The van der Waals surface area contributed by atoms with Crippen LogP contribution in [0.2, 0.25) is 0 Å². The maximum atomic E-state index is 5.25. The Kier molecular flexibility index (Phi) is 1.01. The van der Waals surface area contributed by atoms with Gasteiger partial charge in [-0.25, -0.2) is 0 Å². The van der Waals surface area contributed by atoms with Crippen molar-refractivity contribution in [2.45, 2.75) is 25.8 Å². The minimum atomic E-state index is 0.659. The molecule has 2 nitrogen and oxygen atoms in total. The van der Waals surface area contributed by atoms with Gasteiger partial charge in [-0.05, 0) is 19.3 Å². The summed E-state index contributed by atoms with van der Waals surface area (Å²) >= 11 is 0. The summed E-state index contributed by atoms with van der Waals surface area (Å²) < 4.78 is 5.25. The van der Waals surface area contributed by atoms with E-state index in [9.17, 15) is 0 Å². The average molecular weight is 125 g/mol. The van der Waals surface area contributed by atoms with Crippen LogP contribution in [0.5, 0.6) is 0 Å². The van der Waals surface area contributed by atoms with E-state index in [0.29, 0.717) is 6.04 Å². The van der Waals surface area contributed by atoms with Crippen LogP contribution in [0.4, 0.5) is 0 Å². The number of ether oxygens (including phenoxy) is 1. The summed E-state index contributed by atoms with van der Waals surface area (Å²) in [5.74, 6) is 1.87. The Hall–Kier alpha value is -0.530. The number of hydrogen-bond donors (Lipinski definition) is 0. The zero-order chi connectivity index (χ0) is 6.27. The van der Waals surface area contributed by atoms with Gasteiger partial charge in [-0.1, -0.05) is 0 Å². The van der Waals surface area contributed by atoms with E-state index < -0.39 is 0 Å². The SMILES string of the molecule is CCOC1=NC2CC2C1. The Morgan fingerprint density at radius 3 is 3.22 bits per heavy atom. The first-order chi connectivity index (χ1) is 4.40. The number of fused-ring (bicyclic) bond motifs is 1. The van der Waals surface area contributed by atoms with Gasteiger partial charge in [0.25, 0.3) is 0 Å². The van der Waals surface area contributed by atoms with Crippen molar-refractivity contribution < 1.29 is 4.74 Å². The predicted octanol–water partition coefficient (Wildman–Crippen LogP) is 1.21. The Bertz CT molecular complexity index is 153. The molecule has 50 valence electrons. The summed E-state index contributed by atoms with van der Waals surface area (Å²) in [5, 5.41) is 0. The zero-order valence-electron chi connectivity index (χ0n) is 5.63. The van der Waals surface area contributed by atoms with Crippen molar-refractivity contribution in [2.24, 2.45) is 10.9 Å². The smallest absolute Gasteiger partial charge is 0.183 e. The van der Waals surface area contributed by atoms with Crippen LogP contribution in [-0.2, 0) is 4.74 Å². The lowest BCUT2D eigenvalue weighted by Crippen LogP contribution is -2.01. The Labute approximate surface area is 54.9 Å². The standard InChI is InChI=1S/C7H11NO/c1-2-9-7-4-5-3-6(5)8-7/h5-6H,2-4H2,1H3. The van der Waals surface area contributed by atoms with E-state index in [1.807, 2.05) is 6.92 Å². The van der Waals surface area contributed by atoms with Gasteiger partial charge in [0.2, 0.25) is 0 Å². The first-order valence-corrected chi connectivity index (χ1v) is 3.59. The van der Waals surface area contributed by atoms with Gasteiger partial charge in [-0.3, -0.25) is 4.99 Å². The highest BCUT2D eigenvalue weighted by Crippen LogP contribution is 2.42. The predicted molar refractivity (Wildman–Crippen MR) is 35.6 cm³/mol. The molecule has 0 spiro atoms. The topological polar surface area (TPSA) is 21.6 Å². The molecule has 1 heterocycles. The molecule has 0 bridgehead atoms. The van der Waals surface area contributed by atoms with Crippen LogP contribution in [-0.4, -0.2) is 18.5 Å². The second kappa shape index (κ2) is 1.72. The summed E-state index contributed by atoms with van der Waals surface area (Å²) in [6.45, 7) is 2.78. The van der Waals surface area contributed by atoms with E-state index >= 15 is 0 Å². The lowest BCUT2D eigenvalue weighted by atomic mass is 10.3. The lowest BCUT2D eigenvalue weighted by molar-refractivity contribution is 0.318. The van der Waals surface area contributed by atoms with E-state index in [1.165, 1.54) is 6.42 Å². The number of rotatable bonds is 1. The van der Waals surface area contributed by atoms with E-state index in [4.69, 9.17) is 4.74 Å². The second-order valence-electron chi connectivity index (χ2n) is 2.72. The fraction of sp³-hybridized carbons (Fsp3) is 0.857. The molecule has 2 atom stereocenters. The molecule has 2 heteroatoms. The molecule has 0 aromatic heterocycles. The van der Waals surface area contributed by atoms with Crippen molar-refractivity contribution in [1.82, 2.24) is 0 Å². The highest BCUT2D eigenvalue weighted by atomic mass is 16.5. The van der Waals surface area contributed by atoms with Gasteiger partial charge in [-0.15, -0.1) is 0 Å². The van der Waals surface area contributed by atoms with Gasteiger partial charge in [0.05, 0.1) is 12.6 Å². The van der Waals surface area contributed by atoms with Gasteiger partial charge in [0.1, 0.15) is 0 Å². The maximum Gasteiger partial charge on any atom is 0.183 e. The summed E-state index contributed by atoms with van der Waals surface area (Å²) in [4.78, 5) is 4.35. The first kappa shape index (κ1) is 5.27. The Morgan fingerprint density at radius 2 is 2.67 bits per heavy atom. The van der Waals surface area contributed by atoms with Gasteiger partial charge in [0, 0.05) is 6.42 Å². The summed E-state index contributed by atoms with van der Waals surface area (Å²) in [6.07, 6.45) is 2.43. The fourth-order valence-corrected chi connectivity index (χ4v) is 1.33. The van der Waals surface area contributed by atoms with Crippen LogP contribution in [0.1, 0.15) is 19.8 Å². The van der Waals surface area contributed by atoms with E-state index in [-0.39, 0.29) is 0 Å². The second-order valence-corrected chi connectivity index (χ2v) is 2.72. The number of nitrogens with zero attached hydrogens (tertiary/aromatic N) is 1. The van der Waals surface area contributed by atoms with Crippen molar-refractivity contribution >= 4 is 5.90 Å². The quantitative estimate of drug-likeness (QED) is 0.516. The molecular formula is C7H11NO. The van der Waals surface area contributed by atoms with Crippen molar-refractivity contribution in [3.63, 3.8) is 0 Å². The molecule has 1 aliphatic carbocycles. The summed E-state index contributed by atoms with van der Waals surface area (Å²) in [7, 11) is 0. The van der Waals surface area contributed by atoms with Gasteiger partial charge >= 0.3 is 0 Å². The number of hydrogen-bond acceptors (Lipinski definition) is 2. The van der Waals surface area contributed by atoms with Gasteiger partial charge < -0.3 is 4.74 Å². The molecule has 1 aliphatic heterocycles. The molecule has 2 aliphatic rings. The fourth-order valence-electron chi connectivity index (χ4n) is 1.33. The normalized spacial score (nSPS) is 37.7. The molecule has 0 aromatic rings. The van der Waals surface area contributed by atoms with Crippen LogP contribution >= 0.6 is 0 Å². The first-order valence-electron chi connectivity index (χ1n) is 3.59. The third-order valence-electron chi connectivity index (χ3n) is 1.94. The van der Waals surface area contributed by atoms with Gasteiger partial charge in [0.15, 0.2) is 5.90 Å². The molecule has 0 N–H and O–H groups in total. The van der Waals surface area contributed by atoms with E-state index in [2.05, 4.69) is 4.99 Å². The minimum absolute atomic E-state index is 0.659. The minimum Gasteiger partial charge on any atom is -0.481 e. The molecule has 1 saturated carbocycles. The molecule has 2 rings (SSSR count). The summed E-state index contributed by atoms with van der Waals surface area (Å²) in [6, 6.07) is 0.659. The summed E-state index contributed by atoms with van der Waals surface area (Å²) in [5.41, 5.74) is 0. The van der Waals surface area contributed by atoms with Crippen LogP contribution < -0.4 is 0 Å². The Morgan fingerprint density at radius 1 is 1.78 bits per heavy atom. The molecule has 2 unspecified atom stereocenters. The highest BCUT2D eigenvalue weighted by molar-refractivity contribution is 5.79. The lowest BCUT2D eigenvalue weighted by Gasteiger charge is -2.00. The third kappa shape index (κ3) is 0.824. The highest BCUT2D eigenvalue weighted by Gasteiger charge is 2.43.